The number of ether oxygens (including phenoxy) is 1. The lowest BCUT2D eigenvalue weighted by molar-refractivity contribution is -0.384. The van der Waals surface area contributed by atoms with E-state index in [-0.39, 0.29) is 34.8 Å². The number of aromatic nitrogens is 5. The minimum Gasteiger partial charge on any atom is -0.470 e. The van der Waals surface area contributed by atoms with E-state index < -0.39 is 10.8 Å². The van der Waals surface area contributed by atoms with Crippen molar-refractivity contribution in [3.05, 3.63) is 92.5 Å². The number of carbonyl (C=O) groups excluding carboxylic acids is 1. The third-order valence-corrected chi connectivity index (χ3v) is 4.92. The summed E-state index contributed by atoms with van der Waals surface area (Å²) in [5, 5.41) is 22.5. The molecular formula is C20H15Cl2N7O4. The Morgan fingerprint density at radius 1 is 1.09 bits per heavy atom. The van der Waals surface area contributed by atoms with E-state index >= 15 is 0 Å². The quantitative estimate of drug-likeness (QED) is 0.293. The van der Waals surface area contributed by atoms with Gasteiger partial charge in [-0.1, -0.05) is 35.3 Å². The zero-order valence-corrected chi connectivity index (χ0v) is 18.3. The highest BCUT2D eigenvalue weighted by Gasteiger charge is 2.14. The normalized spacial score (nSPS) is 10.7. The van der Waals surface area contributed by atoms with Crippen molar-refractivity contribution in [3.63, 3.8) is 0 Å². The van der Waals surface area contributed by atoms with Gasteiger partial charge in [-0.25, -0.2) is 14.3 Å². The highest BCUT2D eigenvalue weighted by molar-refractivity contribution is 6.32. The van der Waals surface area contributed by atoms with E-state index in [0.717, 1.165) is 5.56 Å². The van der Waals surface area contributed by atoms with Gasteiger partial charge in [-0.15, -0.1) is 5.10 Å². The van der Waals surface area contributed by atoms with Gasteiger partial charge >= 0.3 is 0 Å². The number of nitro benzene ring substituents is 1. The predicted molar refractivity (Wildman–Crippen MR) is 119 cm³/mol. The van der Waals surface area contributed by atoms with Crippen LogP contribution in [0, 0.1) is 10.1 Å². The van der Waals surface area contributed by atoms with Crippen molar-refractivity contribution in [2.24, 2.45) is 0 Å². The molecule has 1 N–H and O–H groups in total. The van der Waals surface area contributed by atoms with E-state index in [0.29, 0.717) is 11.6 Å². The van der Waals surface area contributed by atoms with Gasteiger partial charge in [-0.05, 0) is 29.8 Å². The van der Waals surface area contributed by atoms with Crippen LogP contribution < -0.4 is 10.1 Å². The summed E-state index contributed by atoms with van der Waals surface area (Å²) >= 11 is 11.9. The molecule has 4 aromatic rings. The summed E-state index contributed by atoms with van der Waals surface area (Å²) in [6.45, 7) is 0.413. The second-order valence-electron chi connectivity index (χ2n) is 6.73. The van der Waals surface area contributed by atoms with E-state index in [1.54, 1.807) is 23.0 Å². The number of rotatable bonds is 8. The monoisotopic (exact) mass is 487 g/mol. The first-order valence-electron chi connectivity index (χ1n) is 9.43. The molecule has 0 spiro atoms. The SMILES string of the molecule is O=C(Nc1ncn(Cc2ccc(Cl)cc2)n1)c1ccn(COc2ccc([N+](=O)[O-])cc2Cl)n1. The molecule has 0 aliphatic heterocycles. The maximum Gasteiger partial charge on any atom is 0.278 e. The summed E-state index contributed by atoms with van der Waals surface area (Å²) in [5.41, 5.74) is 0.964. The smallest absolute Gasteiger partial charge is 0.278 e. The number of nitrogens with one attached hydrogen (secondary N) is 1. The van der Waals surface area contributed by atoms with Crippen LogP contribution in [0.4, 0.5) is 11.6 Å². The molecule has 0 fully saturated rings. The molecule has 2 aromatic carbocycles. The summed E-state index contributed by atoms with van der Waals surface area (Å²) in [7, 11) is 0. The van der Waals surface area contributed by atoms with Crippen LogP contribution in [0.15, 0.2) is 61.1 Å². The van der Waals surface area contributed by atoms with Crippen molar-refractivity contribution >= 4 is 40.7 Å². The molecule has 0 aliphatic rings. The molecule has 13 heteroatoms. The largest absolute Gasteiger partial charge is 0.470 e. The highest BCUT2D eigenvalue weighted by atomic mass is 35.5. The molecule has 0 unspecified atom stereocenters. The lowest BCUT2D eigenvalue weighted by Crippen LogP contribution is -2.15. The molecule has 0 radical (unpaired) electrons. The van der Waals surface area contributed by atoms with Crippen LogP contribution in [0.1, 0.15) is 16.1 Å². The van der Waals surface area contributed by atoms with Gasteiger partial charge in [0.05, 0.1) is 16.5 Å². The van der Waals surface area contributed by atoms with Crippen molar-refractivity contribution in [3.8, 4) is 5.75 Å². The average Bonchev–Trinajstić information content (AvgIpc) is 3.44. The zero-order chi connectivity index (χ0) is 23.4. The van der Waals surface area contributed by atoms with E-state index in [1.165, 1.54) is 35.3 Å². The first-order valence-corrected chi connectivity index (χ1v) is 10.2. The number of nitrogens with zero attached hydrogens (tertiary/aromatic N) is 6. The Balaban J connectivity index is 1.33. The first kappa shape index (κ1) is 22.2. The molecule has 1 amide bonds. The number of anilines is 1. The van der Waals surface area contributed by atoms with Gasteiger partial charge in [0.1, 0.15) is 12.1 Å². The molecule has 0 aliphatic carbocycles. The van der Waals surface area contributed by atoms with Gasteiger partial charge in [-0.2, -0.15) is 5.10 Å². The standard InChI is InChI=1S/C20H15Cl2N7O4/c21-14-3-1-13(2-4-14)10-28-11-23-20(26-28)24-19(30)17-7-8-27(25-17)12-33-18-6-5-15(29(31)32)9-16(18)22/h1-9,11H,10,12H2,(H,24,26,30). The molecule has 11 nitrogen and oxygen atoms in total. The lowest BCUT2D eigenvalue weighted by Gasteiger charge is -2.07. The minimum absolute atomic E-state index is 0.0568. The number of non-ortho nitro benzene ring substituents is 1. The molecule has 168 valence electrons. The number of hydrogen-bond donors (Lipinski definition) is 1. The molecule has 0 bridgehead atoms. The van der Waals surface area contributed by atoms with Gasteiger partial charge in [0.25, 0.3) is 11.6 Å². The van der Waals surface area contributed by atoms with Crippen LogP contribution in [-0.4, -0.2) is 35.4 Å². The van der Waals surface area contributed by atoms with Gasteiger partial charge in [-0.3, -0.25) is 20.2 Å². The van der Waals surface area contributed by atoms with Gasteiger partial charge in [0, 0.05) is 23.4 Å². The second kappa shape index (κ2) is 9.67. The fourth-order valence-corrected chi connectivity index (χ4v) is 3.14. The third kappa shape index (κ3) is 5.64. The fraction of sp³-hybridized carbons (Fsp3) is 0.100. The van der Waals surface area contributed by atoms with E-state index in [4.69, 9.17) is 27.9 Å². The van der Waals surface area contributed by atoms with E-state index in [1.807, 2.05) is 12.1 Å². The van der Waals surface area contributed by atoms with Gasteiger partial charge in [0.15, 0.2) is 12.4 Å². The molecule has 2 aromatic heterocycles. The second-order valence-corrected chi connectivity index (χ2v) is 7.58. The third-order valence-electron chi connectivity index (χ3n) is 4.37. The number of hydrogen-bond acceptors (Lipinski definition) is 7. The zero-order valence-electron chi connectivity index (χ0n) is 16.8. The molecular weight excluding hydrogens is 473 g/mol. The van der Waals surface area contributed by atoms with E-state index in [2.05, 4.69) is 20.5 Å². The van der Waals surface area contributed by atoms with Gasteiger partial charge < -0.3 is 4.74 Å². The maximum atomic E-state index is 12.4. The summed E-state index contributed by atoms with van der Waals surface area (Å²) in [5.74, 6) is -0.108. The summed E-state index contributed by atoms with van der Waals surface area (Å²) in [4.78, 5) is 26.7. The fourth-order valence-electron chi connectivity index (χ4n) is 2.78. The average molecular weight is 488 g/mol. The topological polar surface area (TPSA) is 130 Å². The van der Waals surface area contributed by atoms with Gasteiger partial charge in [0.2, 0.25) is 5.95 Å². The number of carbonyl (C=O) groups is 1. The summed E-state index contributed by atoms with van der Waals surface area (Å²) in [6, 6.07) is 12.7. The van der Waals surface area contributed by atoms with Crippen molar-refractivity contribution in [1.82, 2.24) is 24.5 Å². The Labute approximate surface area is 196 Å². The summed E-state index contributed by atoms with van der Waals surface area (Å²) in [6.07, 6.45) is 3.05. The van der Waals surface area contributed by atoms with Crippen LogP contribution >= 0.6 is 23.2 Å². The van der Waals surface area contributed by atoms with Crippen molar-refractivity contribution in [1.29, 1.82) is 0 Å². The predicted octanol–water partition coefficient (Wildman–Crippen LogP) is 4.03. The van der Waals surface area contributed by atoms with Crippen LogP contribution in [0.25, 0.3) is 0 Å². The molecule has 4 rings (SSSR count). The van der Waals surface area contributed by atoms with Crippen LogP contribution in [-0.2, 0) is 13.3 Å². The minimum atomic E-state index is -0.552. The molecule has 2 heterocycles. The van der Waals surface area contributed by atoms with Crippen LogP contribution in [0.5, 0.6) is 5.75 Å². The number of nitro groups is 1. The maximum absolute atomic E-state index is 12.4. The van der Waals surface area contributed by atoms with Crippen molar-refractivity contribution < 1.29 is 14.5 Å². The number of benzene rings is 2. The van der Waals surface area contributed by atoms with E-state index in [9.17, 15) is 14.9 Å². The number of amides is 1. The van der Waals surface area contributed by atoms with Crippen molar-refractivity contribution in [2.75, 3.05) is 5.32 Å². The Hall–Kier alpha value is -3.96. The Kier molecular flexibility index (Phi) is 6.52. The van der Waals surface area contributed by atoms with Crippen LogP contribution in [0.2, 0.25) is 10.0 Å². The Bertz CT molecular complexity index is 1300. The first-order chi connectivity index (χ1) is 15.9. The molecule has 0 saturated heterocycles. The molecule has 0 saturated carbocycles. The molecule has 0 atom stereocenters. The van der Waals surface area contributed by atoms with Crippen LogP contribution in [0.3, 0.4) is 0 Å². The summed E-state index contributed by atoms with van der Waals surface area (Å²) < 4.78 is 8.47. The Morgan fingerprint density at radius 3 is 2.61 bits per heavy atom. The lowest BCUT2D eigenvalue weighted by atomic mass is 10.2. The highest BCUT2D eigenvalue weighted by Crippen LogP contribution is 2.28. The number of halogens is 2. The Morgan fingerprint density at radius 2 is 1.88 bits per heavy atom. The molecule has 33 heavy (non-hydrogen) atoms. The van der Waals surface area contributed by atoms with Crippen molar-refractivity contribution in [2.45, 2.75) is 13.3 Å².